The Hall–Kier alpha value is -1.16. The van der Waals surface area contributed by atoms with Crippen molar-refractivity contribution in [3.63, 3.8) is 0 Å². The van der Waals surface area contributed by atoms with Gasteiger partial charge >= 0.3 is 0 Å². The smallest absolute Gasteiger partial charge is 0.164 e. The van der Waals surface area contributed by atoms with Gasteiger partial charge in [0.05, 0.1) is 11.9 Å². The lowest BCUT2D eigenvalue weighted by Gasteiger charge is -2.37. The summed E-state index contributed by atoms with van der Waals surface area (Å²) in [5, 5.41) is 0. The third-order valence-electron chi connectivity index (χ3n) is 4.22. The van der Waals surface area contributed by atoms with E-state index in [9.17, 15) is 4.39 Å². The monoisotopic (exact) mass is 235 g/mol. The first-order chi connectivity index (χ1) is 8.15. The van der Waals surface area contributed by atoms with Crippen LogP contribution in [0.1, 0.15) is 18.5 Å². The van der Waals surface area contributed by atoms with Crippen LogP contribution in [0.3, 0.4) is 0 Å². The van der Waals surface area contributed by atoms with Gasteiger partial charge < -0.3 is 10.6 Å². The Bertz CT molecular complexity index is 421. The molecule has 4 heteroatoms. The van der Waals surface area contributed by atoms with Crippen LogP contribution in [0.5, 0.6) is 0 Å². The van der Waals surface area contributed by atoms with E-state index in [4.69, 9.17) is 5.73 Å². The number of nitrogens with two attached hydrogens (primary N) is 1. The first-order valence-electron chi connectivity index (χ1n) is 6.28. The van der Waals surface area contributed by atoms with Crippen LogP contribution < -0.4 is 10.6 Å². The van der Waals surface area contributed by atoms with Crippen molar-refractivity contribution in [2.24, 2.45) is 17.6 Å². The zero-order valence-electron chi connectivity index (χ0n) is 10.1. The van der Waals surface area contributed by atoms with Crippen molar-refractivity contribution in [3.8, 4) is 0 Å². The van der Waals surface area contributed by atoms with Crippen LogP contribution >= 0.6 is 0 Å². The number of pyridine rings is 1. The van der Waals surface area contributed by atoms with Crippen LogP contribution in [0.4, 0.5) is 10.1 Å². The second-order valence-corrected chi connectivity index (χ2v) is 5.36. The number of aromatic nitrogens is 1. The van der Waals surface area contributed by atoms with Crippen molar-refractivity contribution in [1.82, 2.24) is 4.98 Å². The van der Waals surface area contributed by atoms with E-state index in [1.807, 2.05) is 13.0 Å². The van der Waals surface area contributed by atoms with Gasteiger partial charge in [0.15, 0.2) is 5.82 Å². The third kappa shape index (κ3) is 1.80. The van der Waals surface area contributed by atoms with Gasteiger partial charge in [-0.2, -0.15) is 0 Å². The van der Waals surface area contributed by atoms with E-state index in [2.05, 4.69) is 9.88 Å². The molecule has 1 saturated heterocycles. The minimum Gasteiger partial charge on any atom is -0.368 e. The molecule has 1 saturated carbocycles. The Morgan fingerprint density at radius 1 is 1.35 bits per heavy atom. The molecule has 2 N–H and O–H groups in total. The molecule has 1 aromatic heterocycles. The van der Waals surface area contributed by atoms with Gasteiger partial charge in [0.25, 0.3) is 0 Å². The predicted molar refractivity (Wildman–Crippen MR) is 65.3 cm³/mol. The topological polar surface area (TPSA) is 42.1 Å². The molecule has 17 heavy (non-hydrogen) atoms. The van der Waals surface area contributed by atoms with Crippen LogP contribution in [0.2, 0.25) is 0 Å². The highest BCUT2D eigenvalue weighted by Crippen LogP contribution is 2.38. The minimum absolute atomic E-state index is 0.217. The van der Waals surface area contributed by atoms with Crippen molar-refractivity contribution in [1.29, 1.82) is 0 Å². The molecule has 0 aromatic carbocycles. The Kier molecular flexibility index (Phi) is 2.54. The van der Waals surface area contributed by atoms with Crippen LogP contribution in [-0.2, 0) is 0 Å². The fourth-order valence-electron chi connectivity index (χ4n) is 3.23. The average molecular weight is 235 g/mol. The predicted octanol–water partition coefficient (Wildman–Crippen LogP) is 1.70. The number of aryl methyl sites for hydroxylation is 1. The molecule has 1 aromatic rings. The molecule has 3 rings (SSSR count). The number of anilines is 1. The van der Waals surface area contributed by atoms with E-state index in [0.29, 0.717) is 23.6 Å². The van der Waals surface area contributed by atoms with E-state index >= 15 is 0 Å². The summed E-state index contributed by atoms with van der Waals surface area (Å²) in [5.74, 6) is 0.841. The lowest BCUT2D eigenvalue weighted by Crippen LogP contribution is -2.49. The number of fused-ring (bicyclic) bond motifs is 2. The molecule has 2 bridgehead atoms. The van der Waals surface area contributed by atoms with E-state index in [-0.39, 0.29) is 5.82 Å². The second kappa shape index (κ2) is 3.95. The molecule has 3 nitrogen and oxygen atoms in total. The summed E-state index contributed by atoms with van der Waals surface area (Å²) in [6, 6.07) is 2.16. The Balaban J connectivity index is 1.88. The lowest BCUT2D eigenvalue weighted by atomic mass is 9.93. The first-order valence-corrected chi connectivity index (χ1v) is 6.28. The van der Waals surface area contributed by atoms with E-state index < -0.39 is 0 Å². The Morgan fingerprint density at radius 2 is 2.00 bits per heavy atom. The maximum absolute atomic E-state index is 13.8. The third-order valence-corrected chi connectivity index (χ3v) is 4.22. The van der Waals surface area contributed by atoms with Gasteiger partial charge in [-0.3, -0.25) is 4.98 Å². The number of piperidine rings is 1. The van der Waals surface area contributed by atoms with Crippen LogP contribution in [0.15, 0.2) is 12.3 Å². The number of halogens is 1. The van der Waals surface area contributed by atoms with Crippen LogP contribution in [0, 0.1) is 24.6 Å². The van der Waals surface area contributed by atoms with Crippen molar-refractivity contribution in [2.75, 3.05) is 18.0 Å². The molecule has 1 unspecified atom stereocenters. The number of hydrogen-bond donors (Lipinski definition) is 1. The van der Waals surface area contributed by atoms with Crippen molar-refractivity contribution >= 4 is 5.69 Å². The molecule has 2 fully saturated rings. The molecule has 1 aliphatic heterocycles. The number of rotatable bonds is 1. The molecular formula is C13H18FN3. The quantitative estimate of drug-likeness (QED) is 0.805. The van der Waals surface area contributed by atoms with E-state index in [1.165, 1.54) is 19.0 Å². The zero-order valence-corrected chi connectivity index (χ0v) is 10.1. The first kappa shape index (κ1) is 11.0. The van der Waals surface area contributed by atoms with Gasteiger partial charge in [-0.1, -0.05) is 0 Å². The van der Waals surface area contributed by atoms with Gasteiger partial charge in [0.1, 0.15) is 0 Å². The lowest BCUT2D eigenvalue weighted by molar-refractivity contribution is 0.354. The molecule has 3 atom stereocenters. The molecular weight excluding hydrogens is 217 g/mol. The SMILES string of the molecule is Cc1cc(N2CC3CC[C@@H](C2)[C@@H]3N)c(F)cn1. The molecule has 2 aliphatic rings. The van der Waals surface area contributed by atoms with Gasteiger partial charge in [-0.15, -0.1) is 0 Å². The largest absolute Gasteiger partial charge is 0.368 e. The van der Waals surface area contributed by atoms with Gasteiger partial charge in [-0.25, -0.2) is 4.39 Å². The summed E-state index contributed by atoms with van der Waals surface area (Å²) < 4.78 is 13.8. The van der Waals surface area contributed by atoms with Crippen molar-refractivity contribution in [3.05, 3.63) is 23.8 Å². The standard InChI is InChI=1S/C13H18FN3/c1-8-4-12(11(14)5-16-8)17-6-9-2-3-10(7-17)13(9)15/h4-5,9-10,13H,2-3,6-7,15H2,1H3/t9-,10?,13-/m0/s1. The van der Waals surface area contributed by atoms with E-state index in [1.54, 1.807) is 0 Å². The summed E-state index contributed by atoms with van der Waals surface area (Å²) >= 11 is 0. The molecule has 0 amide bonds. The summed E-state index contributed by atoms with van der Waals surface area (Å²) in [4.78, 5) is 6.12. The summed E-state index contributed by atoms with van der Waals surface area (Å²) in [7, 11) is 0. The highest BCUT2D eigenvalue weighted by atomic mass is 19.1. The van der Waals surface area contributed by atoms with Crippen LogP contribution in [-0.4, -0.2) is 24.1 Å². The molecule has 92 valence electrons. The maximum atomic E-state index is 13.8. The van der Waals surface area contributed by atoms with E-state index in [0.717, 1.165) is 18.8 Å². The van der Waals surface area contributed by atoms with Crippen molar-refractivity contribution in [2.45, 2.75) is 25.8 Å². The summed E-state index contributed by atoms with van der Waals surface area (Å²) in [6.07, 6.45) is 3.70. The number of nitrogens with zero attached hydrogens (tertiary/aromatic N) is 2. The fourth-order valence-corrected chi connectivity index (χ4v) is 3.23. The maximum Gasteiger partial charge on any atom is 0.164 e. The van der Waals surface area contributed by atoms with Gasteiger partial charge in [-0.05, 0) is 37.7 Å². The number of hydrogen-bond acceptors (Lipinski definition) is 3. The normalized spacial score (nSPS) is 31.9. The van der Waals surface area contributed by atoms with Crippen molar-refractivity contribution < 1.29 is 4.39 Å². The minimum atomic E-state index is -0.217. The highest BCUT2D eigenvalue weighted by molar-refractivity contribution is 5.49. The Morgan fingerprint density at radius 3 is 2.65 bits per heavy atom. The fraction of sp³-hybridized carbons (Fsp3) is 0.615. The second-order valence-electron chi connectivity index (χ2n) is 5.36. The molecule has 2 heterocycles. The molecule has 0 radical (unpaired) electrons. The summed E-state index contributed by atoms with van der Waals surface area (Å²) in [6.45, 7) is 3.67. The van der Waals surface area contributed by atoms with Gasteiger partial charge in [0, 0.05) is 24.8 Å². The van der Waals surface area contributed by atoms with Crippen LogP contribution in [0.25, 0.3) is 0 Å². The summed E-state index contributed by atoms with van der Waals surface area (Å²) in [5.41, 5.74) is 7.72. The Labute approximate surface area is 101 Å². The zero-order chi connectivity index (χ0) is 12.0. The molecule has 0 spiro atoms. The highest BCUT2D eigenvalue weighted by Gasteiger charge is 2.40. The molecule has 1 aliphatic carbocycles. The average Bonchev–Trinajstić information content (AvgIpc) is 2.55. The van der Waals surface area contributed by atoms with Gasteiger partial charge in [0.2, 0.25) is 0 Å².